The average molecular weight is 262 g/mol. The van der Waals surface area contributed by atoms with Gasteiger partial charge in [0.15, 0.2) is 0 Å². The maximum atomic E-state index is 12.3. The molecule has 0 spiro atoms. The molecule has 0 saturated heterocycles. The standard InChI is InChI=1S/C15H22N2O2/c1-11-7-8-16-13(9-11)17(10-12-5-6-12)14(18)19-15(2,3)4/h7-9,12H,5-6,10H2,1-4H3. The van der Waals surface area contributed by atoms with E-state index >= 15 is 0 Å². The molecule has 1 aromatic rings. The second-order valence-corrected chi connectivity index (χ2v) is 6.23. The van der Waals surface area contributed by atoms with E-state index in [9.17, 15) is 4.79 Å². The Kier molecular flexibility index (Phi) is 3.78. The first-order chi connectivity index (χ1) is 8.85. The van der Waals surface area contributed by atoms with Crippen LogP contribution >= 0.6 is 0 Å². The Balaban J connectivity index is 2.17. The van der Waals surface area contributed by atoms with Crippen LogP contribution in [0, 0.1) is 12.8 Å². The highest BCUT2D eigenvalue weighted by Gasteiger charge is 2.31. The van der Waals surface area contributed by atoms with E-state index in [1.54, 1.807) is 11.1 Å². The van der Waals surface area contributed by atoms with Gasteiger partial charge in [-0.3, -0.25) is 4.90 Å². The fraction of sp³-hybridized carbons (Fsp3) is 0.600. The minimum atomic E-state index is -0.483. The van der Waals surface area contributed by atoms with Gasteiger partial charge in [-0.2, -0.15) is 0 Å². The molecule has 4 heteroatoms. The number of amides is 1. The van der Waals surface area contributed by atoms with Crippen molar-refractivity contribution in [1.82, 2.24) is 4.98 Å². The summed E-state index contributed by atoms with van der Waals surface area (Å²) in [7, 11) is 0. The molecule has 4 nitrogen and oxygen atoms in total. The monoisotopic (exact) mass is 262 g/mol. The molecule has 0 aromatic carbocycles. The summed E-state index contributed by atoms with van der Waals surface area (Å²) >= 11 is 0. The van der Waals surface area contributed by atoms with Crippen LogP contribution in [-0.4, -0.2) is 23.2 Å². The highest BCUT2D eigenvalue weighted by molar-refractivity contribution is 5.86. The Hall–Kier alpha value is -1.58. The first kappa shape index (κ1) is 13.8. The first-order valence-corrected chi connectivity index (χ1v) is 6.78. The molecule has 0 bridgehead atoms. The lowest BCUT2D eigenvalue weighted by Crippen LogP contribution is -2.38. The summed E-state index contributed by atoms with van der Waals surface area (Å²) in [5.74, 6) is 1.27. The Morgan fingerprint density at radius 1 is 1.47 bits per heavy atom. The number of aromatic nitrogens is 1. The average Bonchev–Trinajstić information content (AvgIpc) is 3.07. The summed E-state index contributed by atoms with van der Waals surface area (Å²) in [6.45, 7) is 8.33. The van der Waals surface area contributed by atoms with Gasteiger partial charge in [-0.15, -0.1) is 0 Å². The molecule has 0 atom stereocenters. The number of nitrogens with zero attached hydrogens (tertiary/aromatic N) is 2. The van der Waals surface area contributed by atoms with Crippen molar-refractivity contribution in [1.29, 1.82) is 0 Å². The zero-order valence-electron chi connectivity index (χ0n) is 12.1. The maximum Gasteiger partial charge on any atom is 0.416 e. The number of hydrogen-bond donors (Lipinski definition) is 0. The molecular formula is C15H22N2O2. The van der Waals surface area contributed by atoms with E-state index < -0.39 is 5.60 Å². The zero-order valence-corrected chi connectivity index (χ0v) is 12.1. The number of anilines is 1. The van der Waals surface area contributed by atoms with Crippen LogP contribution in [0.3, 0.4) is 0 Å². The Bertz CT molecular complexity index is 461. The molecule has 0 N–H and O–H groups in total. The van der Waals surface area contributed by atoms with Crippen molar-refractivity contribution in [2.75, 3.05) is 11.4 Å². The third kappa shape index (κ3) is 4.23. The molecule has 19 heavy (non-hydrogen) atoms. The van der Waals surface area contributed by atoms with Crippen LogP contribution in [0.25, 0.3) is 0 Å². The van der Waals surface area contributed by atoms with Gasteiger partial charge in [0, 0.05) is 12.7 Å². The molecule has 1 heterocycles. The van der Waals surface area contributed by atoms with Crippen LogP contribution < -0.4 is 4.90 Å². The smallest absolute Gasteiger partial charge is 0.416 e. The molecular weight excluding hydrogens is 240 g/mol. The zero-order chi connectivity index (χ0) is 14.0. The molecule has 2 rings (SSSR count). The van der Waals surface area contributed by atoms with Gasteiger partial charge in [0.05, 0.1) is 0 Å². The Morgan fingerprint density at radius 3 is 2.68 bits per heavy atom. The molecule has 1 amide bonds. The molecule has 104 valence electrons. The number of pyridine rings is 1. The SMILES string of the molecule is Cc1ccnc(N(CC2CC2)C(=O)OC(C)(C)C)c1. The highest BCUT2D eigenvalue weighted by atomic mass is 16.6. The van der Waals surface area contributed by atoms with Crippen LogP contribution in [0.2, 0.25) is 0 Å². The van der Waals surface area contributed by atoms with E-state index in [1.807, 2.05) is 39.8 Å². The number of hydrogen-bond acceptors (Lipinski definition) is 3. The minimum Gasteiger partial charge on any atom is -0.443 e. The van der Waals surface area contributed by atoms with Crippen LogP contribution in [-0.2, 0) is 4.74 Å². The fourth-order valence-electron chi connectivity index (χ4n) is 1.81. The van der Waals surface area contributed by atoms with Gasteiger partial charge in [-0.1, -0.05) is 0 Å². The summed E-state index contributed by atoms with van der Waals surface area (Å²) < 4.78 is 5.47. The topological polar surface area (TPSA) is 42.4 Å². The number of carbonyl (C=O) groups excluding carboxylic acids is 1. The van der Waals surface area contributed by atoms with Crippen molar-refractivity contribution in [2.24, 2.45) is 5.92 Å². The number of rotatable bonds is 3. The molecule has 1 saturated carbocycles. The molecule has 0 radical (unpaired) electrons. The van der Waals surface area contributed by atoms with Gasteiger partial charge >= 0.3 is 6.09 Å². The van der Waals surface area contributed by atoms with Gasteiger partial charge in [0.1, 0.15) is 11.4 Å². The van der Waals surface area contributed by atoms with Crippen LogP contribution in [0.1, 0.15) is 39.2 Å². The lowest BCUT2D eigenvalue weighted by atomic mass is 10.2. The first-order valence-electron chi connectivity index (χ1n) is 6.78. The predicted octanol–water partition coefficient (Wildman–Crippen LogP) is 3.54. The second kappa shape index (κ2) is 5.19. The Labute approximate surface area is 114 Å². The van der Waals surface area contributed by atoms with Crippen LogP contribution in [0.15, 0.2) is 18.3 Å². The molecule has 0 unspecified atom stereocenters. The quantitative estimate of drug-likeness (QED) is 0.836. The van der Waals surface area contributed by atoms with E-state index in [0.29, 0.717) is 18.3 Å². The normalized spacial score (nSPS) is 15.2. The lowest BCUT2D eigenvalue weighted by molar-refractivity contribution is 0.0577. The van der Waals surface area contributed by atoms with Gasteiger partial charge in [0.2, 0.25) is 0 Å². The van der Waals surface area contributed by atoms with E-state index in [2.05, 4.69) is 4.98 Å². The fourth-order valence-corrected chi connectivity index (χ4v) is 1.81. The van der Waals surface area contributed by atoms with Crippen LogP contribution in [0.4, 0.5) is 10.6 Å². The third-order valence-electron chi connectivity index (χ3n) is 2.93. The minimum absolute atomic E-state index is 0.308. The van der Waals surface area contributed by atoms with E-state index in [4.69, 9.17) is 4.74 Å². The third-order valence-corrected chi connectivity index (χ3v) is 2.93. The molecule has 1 aliphatic rings. The molecule has 0 aliphatic heterocycles. The molecule has 1 aromatic heterocycles. The largest absolute Gasteiger partial charge is 0.443 e. The number of aryl methyl sites for hydroxylation is 1. The summed E-state index contributed by atoms with van der Waals surface area (Å²) in [6, 6.07) is 3.85. The van der Waals surface area contributed by atoms with E-state index in [1.165, 1.54) is 12.8 Å². The van der Waals surface area contributed by atoms with Gasteiger partial charge < -0.3 is 4.74 Å². The summed E-state index contributed by atoms with van der Waals surface area (Å²) in [5.41, 5.74) is 0.609. The highest BCUT2D eigenvalue weighted by Crippen LogP contribution is 2.31. The van der Waals surface area contributed by atoms with E-state index in [-0.39, 0.29) is 6.09 Å². The van der Waals surface area contributed by atoms with Gasteiger partial charge in [0.25, 0.3) is 0 Å². The molecule has 1 fully saturated rings. The van der Waals surface area contributed by atoms with Gasteiger partial charge in [-0.05, 0) is 64.2 Å². The van der Waals surface area contributed by atoms with Gasteiger partial charge in [-0.25, -0.2) is 9.78 Å². The predicted molar refractivity (Wildman–Crippen MR) is 75.3 cm³/mol. The van der Waals surface area contributed by atoms with E-state index in [0.717, 1.165) is 5.56 Å². The van der Waals surface area contributed by atoms with Crippen molar-refractivity contribution >= 4 is 11.9 Å². The number of carbonyl (C=O) groups is 1. The second-order valence-electron chi connectivity index (χ2n) is 6.23. The Morgan fingerprint density at radius 2 is 2.16 bits per heavy atom. The maximum absolute atomic E-state index is 12.3. The van der Waals surface area contributed by atoms with Crippen molar-refractivity contribution < 1.29 is 9.53 Å². The summed E-state index contributed by atoms with van der Waals surface area (Å²) in [5, 5.41) is 0. The summed E-state index contributed by atoms with van der Waals surface area (Å²) in [4.78, 5) is 18.3. The van der Waals surface area contributed by atoms with Crippen molar-refractivity contribution in [3.8, 4) is 0 Å². The number of ether oxygens (including phenoxy) is 1. The lowest BCUT2D eigenvalue weighted by Gasteiger charge is -2.27. The summed E-state index contributed by atoms with van der Waals surface area (Å²) in [6.07, 6.45) is 3.79. The van der Waals surface area contributed by atoms with Crippen LogP contribution in [0.5, 0.6) is 0 Å². The van der Waals surface area contributed by atoms with Crippen molar-refractivity contribution in [3.05, 3.63) is 23.9 Å². The molecule has 1 aliphatic carbocycles. The van der Waals surface area contributed by atoms with Crippen molar-refractivity contribution in [3.63, 3.8) is 0 Å². The van der Waals surface area contributed by atoms with Crippen molar-refractivity contribution in [2.45, 2.75) is 46.1 Å².